The molecule has 0 saturated carbocycles. The van der Waals surface area contributed by atoms with E-state index in [1.807, 2.05) is 23.1 Å². The molecule has 1 atom stereocenters. The van der Waals surface area contributed by atoms with Crippen LogP contribution in [0.25, 0.3) is 0 Å². The summed E-state index contributed by atoms with van der Waals surface area (Å²) in [6, 6.07) is 2.30. The molecule has 0 aliphatic heterocycles. The molecule has 0 spiro atoms. The highest BCUT2D eigenvalue weighted by molar-refractivity contribution is 4.78. The molecule has 0 bridgehead atoms. The third-order valence-electron chi connectivity index (χ3n) is 3.22. The van der Waals surface area contributed by atoms with Gasteiger partial charge in [0.15, 0.2) is 0 Å². The van der Waals surface area contributed by atoms with Crippen LogP contribution in [0.1, 0.15) is 58.3 Å². The van der Waals surface area contributed by atoms with Crippen molar-refractivity contribution >= 4 is 0 Å². The monoisotopic (exact) mass is 237 g/mol. The van der Waals surface area contributed by atoms with Gasteiger partial charge in [-0.3, -0.25) is 4.68 Å². The van der Waals surface area contributed by atoms with Crippen LogP contribution >= 0.6 is 0 Å². The molecule has 17 heavy (non-hydrogen) atoms. The van der Waals surface area contributed by atoms with E-state index in [9.17, 15) is 0 Å². The Hall–Kier alpha value is -0.830. The van der Waals surface area contributed by atoms with E-state index >= 15 is 0 Å². The van der Waals surface area contributed by atoms with Crippen molar-refractivity contribution in [2.75, 3.05) is 0 Å². The predicted octanol–water partition coefficient (Wildman–Crippen LogP) is 3.35. The zero-order valence-electron chi connectivity index (χ0n) is 11.1. The molecule has 1 aromatic rings. The van der Waals surface area contributed by atoms with E-state index in [1.165, 1.54) is 38.5 Å². The second kappa shape index (κ2) is 9.23. The smallest absolute Gasteiger partial charge is 0.0489 e. The number of aryl methyl sites for hydroxylation is 1. The summed E-state index contributed by atoms with van der Waals surface area (Å²) in [5, 5.41) is 4.18. The fourth-order valence-electron chi connectivity index (χ4n) is 2.06. The van der Waals surface area contributed by atoms with Gasteiger partial charge in [0.1, 0.15) is 0 Å². The van der Waals surface area contributed by atoms with E-state index in [0.717, 1.165) is 19.4 Å². The molecular weight excluding hydrogens is 210 g/mol. The van der Waals surface area contributed by atoms with Crippen molar-refractivity contribution in [1.82, 2.24) is 9.78 Å². The summed E-state index contributed by atoms with van der Waals surface area (Å²) in [7, 11) is 0. The molecule has 1 heterocycles. The Labute approximate surface area is 105 Å². The zero-order valence-corrected chi connectivity index (χ0v) is 11.1. The van der Waals surface area contributed by atoms with Crippen molar-refractivity contribution in [2.24, 2.45) is 5.73 Å². The summed E-state index contributed by atoms with van der Waals surface area (Å²) in [5.41, 5.74) is 6.09. The normalized spacial score (nSPS) is 12.8. The summed E-state index contributed by atoms with van der Waals surface area (Å²) in [4.78, 5) is 0. The van der Waals surface area contributed by atoms with E-state index < -0.39 is 0 Å². The standard InChI is InChI=1S/C14H27N3/c1-2-3-4-5-6-7-9-14(15)10-13-17-12-8-11-16-17/h8,11-12,14H,2-7,9-10,13,15H2,1H3. The Morgan fingerprint density at radius 3 is 2.59 bits per heavy atom. The van der Waals surface area contributed by atoms with Gasteiger partial charge in [0.05, 0.1) is 0 Å². The average Bonchev–Trinajstić information content (AvgIpc) is 2.84. The van der Waals surface area contributed by atoms with Crippen LogP contribution in [0.2, 0.25) is 0 Å². The third-order valence-corrected chi connectivity index (χ3v) is 3.22. The lowest BCUT2D eigenvalue weighted by atomic mass is 10.0. The maximum absolute atomic E-state index is 6.09. The average molecular weight is 237 g/mol. The fraction of sp³-hybridized carbons (Fsp3) is 0.786. The fourth-order valence-corrected chi connectivity index (χ4v) is 2.06. The number of nitrogens with two attached hydrogens (primary N) is 1. The number of nitrogens with zero attached hydrogens (tertiary/aromatic N) is 2. The summed E-state index contributed by atoms with van der Waals surface area (Å²) >= 11 is 0. The van der Waals surface area contributed by atoms with Gasteiger partial charge < -0.3 is 5.73 Å². The summed E-state index contributed by atoms with van der Waals surface area (Å²) in [6.45, 7) is 3.20. The molecule has 0 amide bonds. The number of hydrogen-bond donors (Lipinski definition) is 1. The number of rotatable bonds is 10. The lowest BCUT2D eigenvalue weighted by molar-refractivity contribution is 0.466. The molecule has 0 saturated heterocycles. The Morgan fingerprint density at radius 2 is 1.88 bits per heavy atom. The summed E-state index contributed by atoms with van der Waals surface area (Å²) in [6.07, 6.45) is 14.1. The lowest BCUT2D eigenvalue weighted by Crippen LogP contribution is -2.22. The quantitative estimate of drug-likeness (QED) is 0.634. The van der Waals surface area contributed by atoms with Gasteiger partial charge in [-0.05, 0) is 18.9 Å². The van der Waals surface area contributed by atoms with E-state index in [0.29, 0.717) is 6.04 Å². The van der Waals surface area contributed by atoms with Crippen LogP contribution in [0.4, 0.5) is 0 Å². The van der Waals surface area contributed by atoms with E-state index in [1.54, 1.807) is 0 Å². The number of unbranched alkanes of at least 4 members (excludes halogenated alkanes) is 5. The van der Waals surface area contributed by atoms with E-state index in [4.69, 9.17) is 5.73 Å². The van der Waals surface area contributed by atoms with Gasteiger partial charge in [-0.15, -0.1) is 0 Å². The lowest BCUT2D eigenvalue weighted by Gasteiger charge is -2.11. The Bertz CT molecular complexity index is 256. The summed E-state index contributed by atoms with van der Waals surface area (Å²) in [5.74, 6) is 0. The molecule has 0 aliphatic rings. The van der Waals surface area contributed by atoms with Crippen LogP contribution in [0, 0.1) is 0 Å². The Balaban J connectivity index is 1.92. The first-order valence-corrected chi connectivity index (χ1v) is 7.06. The molecule has 2 N–H and O–H groups in total. The van der Waals surface area contributed by atoms with E-state index in [2.05, 4.69) is 12.0 Å². The molecule has 3 nitrogen and oxygen atoms in total. The highest BCUT2D eigenvalue weighted by Crippen LogP contribution is 2.09. The first-order valence-electron chi connectivity index (χ1n) is 7.06. The SMILES string of the molecule is CCCCCCCCC(N)CCn1cccn1. The highest BCUT2D eigenvalue weighted by atomic mass is 15.3. The van der Waals surface area contributed by atoms with Crippen LogP contribution in [-0.2, 0) is 6.54 Å². The molecular formula is C14H27N3. The van der Waals surface area contributed by atoms with Crippen molar-refractivity contribution in [3.05, 3.63) is 18.5 Å². The van der Waals surface area contributed by atoms with Gasteiger partial charge in [-0.1, -0.05) is 45.4 Å². The minimum absolute atomic E-state index is 0.338. The zero-order chi connectivity index (χ0) is 12.3. The Kier molecular flexibility index (Phi) is 7.72. The molecule has 0 aliphatic carbocycles. The summed E-state index contributed by atoms with van der Waals surface area (Å²) < 4.78 is 1.96. The van der Waals surface area contributed by atoms with Gasteiger partial charge in [0.2, 0.25) is 0 Å². The van der Waals surface area contributed by atoms with Gasteiger partial charge in [-0.2, -0.15) is 5.10 Å². The van der Waals surface area contributed by atoms with E-state index in [-0.39, 0.29) is 0 Å². The maximum atomic E-state index is 6.09. The van der Waals surface area contributed by atoms with Crippen LogP contribution in [0.5, 0.6) is 0 Å². The molecule has 98 valence electrons. The predicted molar refractivity (Wildman–Crippen MR) is 72.8 cm³/mol. The van der Waals surface area contributed by atoms with Crippen molar-refractivity contribution in [2.45, 2.75) is 70.9 Å². The van der Waals surface area contributed by atoms with Crippen molar-refractivity contribution in [3.8, 4) is 0 Å². The van der Waals surface area contributed by atoms with Crippen molar-refractivity contribution in [1.29, 1.82) is 0 Å². The highest BCUT2D eigenvalue weighted by Gasteiger charge is 2.02. The largest absolute Gasteiger partial charge is 0.328 e. The molecule has 3 heteroatoms. The molecule has 0 radical (unpaired) electrons. The number of hydrogen-bond acceptors (Lipinski definition) is 2. The topological polar surface area (TPSA) is 43.8 Å². The van der Waals surface area contributed by atoms with Crippen LogP contribution in [-0.4, -0.2) is 15.8 Å². The van der Waals surface area contributed by atoms with Crippen molar-refractivity contribution in [3.63, 3.8) is 0 Å². The molecule has 1 unspecified atom stereocenters. The molecule has 1 aromatic heterocycles. The second-order valence-electron chi connectivity index (χ2n) is 4.87. The van der Waals surface area contributed by atoms with Crippen LogP contribution in [0.3, 0.4) is 0 Å². The van der Waals surface area contributed by atoms with Crippen LogP contribution < -0.4 is 5.73 Å². The minimum Gasteiger partial charge on any atom is -0.328 e. The Morgan fingerprint density at radius 1 is 1.12 bits per heavy atom. The number of aromatic nitrogens is 2. The molecule has 1 rings (SSSR count). The van der Waals surface area contributed by atoms with Gasteiger partial charge in [-0.25, -0.2) is 0 Å². The van der Waals surface area contributed by atoms with Gasteiger partial charge >= 0.3 is 0 Å². The molecule has 0 fully saturated rings. The molecule has 0 aromatic carbocycles. The maximum Gasteiger partial charge on any atom is 0.0489 e. The minimum atomic E-state index is 0.338. The van der Waals surface area contributed by atoms with Gasteiger partial charge in [0, 0.05) is 25.0 Å². The van der Waals surface area contributed by atoms with Crippen molar-refractivity contribution < 1.29 is 0 Å². The van der Waals surface area contributed by atoms with Crippen LogP contribution in [0.15, 0.2) is 18.5 Å². The third kappa shape index (κ3) is 7.16. The van der Waals surface area contributed by atoms with Gasteiger partial charge in [0.25, 0.3) is 0 Å². The first-order chi connectivity index (χ1) is 8.33. The first kappa shape index (κ1) is 14.2. The second-order valence-corrected chi connectivity index (χ2v) is 4.87.